The first-order chi connectivity index (χ1) is 8.70. The van der Waals surface area contributed by atoms with Crippen molar-refractivity contribution in [2.45, 2.75) is 31.8 Å². The second kappa shape index (κ2) is 5.71. The molecule has 1 amide bonds. The number of benzene rings is 1. The molecule has 0 unspecified atom stereocenters. The maximum atomic E-state index is 11.7. The largest absolute Gasteiger partial charge is 0.508 e. The molecule has 104 valence electrons. The molecule has 6 heteroatoms. The summed E-state index contributed by atoms with van der Waals surface area (Å²) in [6.07, 6.45) is 0.122. The Balaban J connectivity index is 2.77. The molecule has 0 fully saturated rings. The SMILES string of the molecule is CC(C)(N)C(=O)N[C@H](Cc1ccc(O)cc1)C(=O)O. The third-order valence-corrected chi connectivity index (χ3v) is 2.56. The lowest BCUT2D eigenvalue weighted by Gasteiger charge is -2.22. The summed E-state index contributed by atoms with van der Waals surface area (Å²) in [5, 5.41) is 20.6. The minimum Gasteiger partial charge on any atom is -0.508 e. The van der Waals surface area contributed by atoms with E-state index in [2.05, 4.69) is 5.32 Å². The molecule has 5 N–H and O–H groups in total. The van der Waals surface area contributed by atoms with Crippen LogP contribution in [0.1, 0.15) is 19.4 Å². The number of carbonyl (C=O) groups is 2. The highest BCUT2D eigenvalue weighted by Gasteiger charge is 2.27. The first-order valence-electron chi connectivity index (χ1n) is 5.80. The summed E-state index contributed by atoms with van der Waals surface area (Å²) in [7, 11) is 0. The number of amides is 1. The highest BCUT2D eigenvalue weighted by atomic mass is 16.4. The van der Waals surface area contributed by atoms with Gasteiger partial charge in [0.2, 0.25) is 5.91 Å². The van der Waals surface area contributed by atoms with E-state index in [0.717, 1.165) is 0 Å². The van der Waals surface area contributed by atoms with Gasteiger partial charge in [0.25, 0.3) is 0 Å². The Bertz CT molecular complexity index is 463. The summed E-state index contributed by atoms with van der Waals surface area (Å²) in [6, 6.07) is 5.07. The number of phenols is 1. The monoisotopic (exact) mass is 266 g/mol. The van der Waals surface area contributed by atoms with Gasteiger partial charge < -0.3 is 21.3 Å². The maximum Gasteiger partial charge on any atom is 0.326 e. The van der Waals surface area contributed by atoms with Crippen molar-refractivity contribution in [2.24, 2.45) is 5.73 Å². The molecule has 0 saturated carbocycles. The number of carboxylic acid groups (broad SMARTS) is 1. The topological polar surface area (TPSA) is 113 Å². The summed E-state index contributed by atoms with van der Waals surface area (Å²) in [5.74, 6) is -1.56. The molecule has 0 aliphatic heterocycles. The van der Waals surface area contributed by atoms with Crippen molar-refractivity contribution < 1.29 is 19.8 Å². The minimum absolute atomic E-state index is 0.0998. The van der Waals surface area contributed by atoms with Crippen LogP contribution in [0.2, 0.25) is 0 Å². The number of nitrogens with two attached hydrogens (primary N) is 1. The van der Waals surface area contributed by atoms with Crippen molar-refractivity contribution in [3.8, 4) is 5.75 Å². The summed E-state index contributed by atoms with van der Waals surface area (Å²) in [4.78, 5) is 22.8. The summed E-state index contributed by atoms with van der Waals surface area (Å²) in [5.41, 5.74) is 5.16. The van der Waals surface area contributed by atoms with Crippen LogP contribution >= 0.6 is 0 Å². The van der Waals surface area contributed by atoms with Crippen molar-refractivity contribution in [3.05, 3.63) is 29.8 Å². The van der Waals surface area contributed by atoms with Gasteiger partial charge in [-0.2, -0.15) is 0 Å². The van der Waals surface area contributed by atoms with Crippen LogP contribution in [0.4, 0.5) is 0 Å². The van der Waals surface area contributed by atoms with Crippen molar-refractivity contribution >= 4 is 11.9 Å². The van der Waals surface area contributed by atoms with Crippen LogP contribution in [-0.2, 0) is 16.0 Å². The van der Waals surface area contributed by atoms with Gasteiger partial charge in [0.05, 0.1) is 5.54 Å². The molecule has 0 aliphatic carbocycles. The number of phenolic OH excluding ortho intramolecular Hbond substituents is 1. The molecule has 19 heavy (non-hydrogen) atoms. The van der Waals surface area contributed by atoms with Crippen LogP contribution in [0.3, 0.4) is 0 Å². The lowest BCUT2D eigenvalue weighted by molar-refractivity contribution is -0.142. The number of carboxylic acids is 1. The zero-order valence-corrected chi connectivity index (χ0v) is 10.9. The average molecular weight is 266 g/mol. The Morgan fingerprint density at radius 1 is 1.32 bits per heavy atom. The number of aliphatic carboxylic acids is 1. The van der Waals surface area contributed by atoms with Crippen LogP contribution in [0.15, 0.2) is 24.3 Å². The van der Waals surface area contributed by atoms with Crippen LogP contribution < -0.4 is 11.1 Å². The highest BCUT2D eigenvalue weighted by Crippen LogP contribution is 2.11. The van der Waals surface area contributed by atoms with Crippen molar-refractivity contribution in [2.75, 3.05) is 0 Å². The van der Waals surface area contributed by atoms with E-state index in [1.165, 1.54) is 26.0 Å². The standard InChI is InChI=1S/C13H18N2O4/c1-13(2,14)12(19)15-10(11(17)18)7-8-3-5-9(16)6-4-8/h3-6,10,16H,7,14H2,1-2H3,(H,15,19)(H,17,18)/t10-/m1/s1. The van der Waals surface area contributed by atoms with Gasteiger partial charge in [-0.1, -0.05) is 12.1 Å². The molecule has 6 nitrogen and oxygen atoms in total. The summed E-state index contributed by atoms with van der Waals surface area (Å²) < 4.78 is 0. The minimum atomic E-state index is -1.14. The molecule has 0 bridgehead atoms. The third-order valence-electron chi connectivity index (χ3n) is 2.56. The molecule has 1 atom stereocenters. The molecule has 1 aromatic rings. The van der Waals surface area contributed by atoms with Gasteiger partial charge in [-0.25, -0.2) is 4.79 Å². The molecule has 0 radical (unpaired) electrons. The zero-order valence-electron chi connectivity index (χ0n) is 10.9. The molecule has 0 aromatic heterocycles. The van der Waals surface area contributed by atoms with E-state index in [4.69, 9.17) is 15.9 Å². The van der Waals surface area contributed by atoms with E-state index in [0.29, 0.717) is 5.56 Å². The second-order valence-corrected chi connectivity index (χ2v) is 4.96. The Hall–Kier alpha value is -2.08. The molecule has 1 rings (SSSR count). The molecule has 0 saturated heterocycles. The molecular weight excluding hydrogens is 248 g/mol. The smallest absolute Gasteiger partial charge is 0.326 e. The second-order valence-electron chi connectivity index (χ2n) is 4.96. The lowest BCUT2D eigenvalue weighted by Crippen LogP contribution is -2.54. The Morgan fingerprint density at radius 3 is 2.26 bits per heavy atom. The summed E-state index contributed by atoms with van der Waals surface area (Å²) in [6.45, 7) is 3.00. The highest BCUT2D eigenvalue weighted by molar-refractivity contribution is 5.89. The molecule has 0 heterocycles. The molecular formula is C13H18N2O4. The van der Waals surface area contributed by atoms with Crippen molar-refractivity contribution in [1.82, 2.24) is 5.32 Å². The van der Waals surface area contributed by atoms with E-state index < -0.39 is 23.5 Å². The van der Waals surface area contributed by atoms with Crippen molar-refractivity contribution in [1.29, 1.82) is 0 Å². The Kier molecular flexibility index (Phi) is 4.50. The van der Waals surface area contributed by atoms with E-state index >= 15 is 0 Å². The van der Waals surface area contributed by atoms with Gasteiger partial charge >= 0.3 is 5.97 Å². The lowest BCUT2D eigenvalue weighted by atomic mass is 10.0. The van der Waals surface area contributed by atoms with Crippen molar-refractivity contribution in [3.63, 3.8) is 0 Å². The van der Waals surface area contributed by atoms with Gasteiger partial charge in [0.1, 0.15) is 11.8 Å². The normalized spacial score (nSPS) is 12.8. The van der Waals surface area contributed by atoms with Crippen LogP contribution in [0.5, 0.6) is 5.75 Å². The van der Waals surface area contributed by atoms with Gasteiger partial charge in [0.15, 0.2) is 0 Å². The number of rotatable bonds is 5. The first-order valence-corrected chi connectivity index (χ1v) is 5.80. The number of carbonyl (C=O) groups excluding carboxylic acids is 1. The van der Waals surface area contributed by atoms with Crippen LogP contribution in [0, 0.1) is 0 Å². The maximum absolute atomic E-state index is 11.7. The molecule has 0 spiro atoms. The van der Waals surface area contributed by atoms with Gasteiger partial charge in [0, 0.05) is 6.42 Å². The van der Waals surface area contributed by atoms with Gasteiger partial charge in [-0.05, 0) is 31.5 Å². The van der Waals surface area contributed by atoms with Crippen LogP contribution in [-0.4, -0.2) is 33.7 Å². The predicted molar refractivity (Wildman–Crippen MR) is 69.6 cm³/mol. The molecule has 0 aliphatic rings. The quantitative estimate of drug-likeness (QED) is 0.610. The average Bonchev–Trinajstić information content (AvgIpc) is 2.29. The Morgan fingerprint density at radius 2 is 1.84 bits per heavy atom. The number of hydrogen-bond donors (Lipinski definition) is 4. The number of nitrogens with one attached hydrogen (secondary N) is 1. The molecule has 1 aromatic carbocycles. The summed E-state index contributed by atoms with van der Waals surface area (Å²) >= 11 is 0. The van der Waals surface area contributed by atoms with E-state index in [9.17, 15) is 9.59 Å². The fourth-order valence-corrected chi connectivity index (χ4v) is 1.41. The van der Waals surface area contributed by atoms with Gasteiger partial charge in [-0.15, -0.1) is 0 Å². The van der Waals surface area contributed by atoms with E-state index in [1.54, 1.807) is 12.1 Å². The number of aromatic hydroxyl groups is 1. The van der Waals surface area contributed by atoms with E-state index in [1.807, 2.05) is 0 Å². The predicted octanol–water partition coefficient (Wildman–Crippen LogP) is 0.241. The van der Waals surface area contributed by atoms with E-state index in [-0.39, 0.29) is 12.2 Å². The Labute approximate surface area is 111 Å². The fourth-order valence-electron chi connectivity index (χ4n) is 1.41. The third kappa shape index (κ3) is 4.59. The first kappa shape index (κ1) is 15.0. The number of hydrogen-bond acceptors (Lipinski definition) is 4. The van der Waals surface area contributed by atoms with Gasteiger partial charge in [-0.3, -0.25) is 4.79 Å². The zero-order chi connectivity index (χ0) is 14.6. The fraction of sp³-hybridized carbons (Fsp3) is 0.385. The van der Waals surface area contributed by atoms with Crippen LogP contribution in [0.25, 0.3) is 0 Å².